The molecule has 0 aliphatic carbocycles. The Hall–Kier alpha value is -3.39. The van der Waals surface area contributed by atoms with Crippen LogP contribution in [-0.4, -0.2) is 32.4 Å². The predicted octanol–water partition coefficient (Wildman–Crippen LogP) is 2.70. The molecule has 4 heterocycles. The first-order chi connectivity index (χ1) is 13.2. The zero-order valence-electron chi connectivity index (χ0n) is 14.3. The Morgan fingerprint density at radius 2 is 2.07 bits per heavy atom. The molecule has 7 nitrogen and oxygen atoms in total. The van der Waals surface area contributed by atoms with Crippen molar-refractivity contribution in [3.63, 3.8) is 0 Å². The molecule has 27 heavy (non-hydrogen) atoms. The average Bonchev–Trinajstić information content (AvgIpc) is 3.14. The monoisotopic (exact) mass is 376 g/mol. The van der Waals surface area contributed by atoms with E-state index >= 15 is 0 Å². The number of pyridine rings is 2. The van der Waals surface area contributed by atoms with Gasteiger partial charge in [0.15, 0.2) is 5.82 Å². The van der Waals surface area contributed by atoms with E-state index in [-0.39, 0.29) is 11.7 Å². The molecular weight excluding hydrogens is 360 g/mol. The molecule has 4 rings (SSSR count). The molecule has 0 unspecified atom stereocenters. The highest BCUT2D eigenvalue weighted by Gasteiger charge is 2.18. The summed E-state index contributed by atoms with van der Waals surface area (Å²) in [6, 6.07) is 9.36. The maximum Gasteiger partial charge on any atom is 0.252 e. The van der Waals surface area contributed by atoms with Crippen LogP contribution in [0.25, 0.3) is 21.7 Å². The molecule has 0 saturated carbocycles. The molecule has 1 amide bonds. The average molecular weight is 376 g/mol. The second kappa shape index (κ2) is 7.46. The van der Waals surface area contributed by atoms with E-state index in [0.29, 0.717) is 40.3 Å². The molecule has 0 aliphatic rings. The number of hydrogen-bond donors (Lipinski definition) is 2. The van der Waals surface area contributed by atoms with E-state index in [4.69, 9.17) is 5.73 Å². The fourth-order valence-corrected chi connectivity index (χ4v) is 3.63. The molecule has 0 radical (unpaired) electrons. The molecule has 0 atom stereocenters. The Labute approximate surface area is 159 Å². The van der Waals surface area contributed by atoms with E-state index in [1.807, 2.05) is 30.3 Å². The number of nitrogens with one attached hydrogen (secondary N) is 1. The van der Waals surface area contributed by atoms with Crippen LogP contribution in [0.2, 0.25) is 0 Å². The smallest absolute Gasteiger partial charge is 0.252 e. The lowest BCUT2D eigenvalue weighted by Crippen LogP contribution is -2.25. The van der Waals surface area contributed by atoms with Crippen LogP contribution in [-0.2, 0) is 6.42 Å². The van der Waals surface area contributed by atoms with Crippen molar-refractivity contribution in [2.45, 2.75) is 6.42 Å². The number of hydrogen-bond acceptors (Lipinski definition) is 7. The Kier molecular flexibility index (Phi) is 4.71. The van der Waals surface area contributed by atoms with E-state index < -0.39 is 0 Å². The number of fused-ring (bicyclic) bond motifs is 1. The van der Waals surface area contributed by atoms with Crippen molar-refractivity contribution in [1.82, 2.24) is 25.3 Å². The van der Waals surface area contributed by atoms with Crippen LogP contribution in [0.3, 0.4) is 0 Å². The Morgan fingerprint density at radius 3 is 2.85 bits per heavy atom. The minimum Gasteiger partial charge on any atom is -0.383 e. The van der Waals surface area contributed by atoms with Crippen LogP contribution < -0.4 is 11.1 Å². The molecule has 0 fully saturated rings. The van der Waals surface area contributed by atoms with Gasteiger partial charge in [0, 0.05) is 30.5 Å². The van der Waals surface area contributed by atoms with Gasteiger partial charge in [0.05, 0.1) is 10.9 Å². The topological polar surface area (TPSA) is 107 Å². The second-order valence-electron chi connectivity index (χ2n) is 5.84. The van der Waals surface area contributed by atoms with Crippen molar-refractivity contribution >= 4 is 33.3 Å². The summed E-state index contributed by atoms with van der Waals surface area (Å²) in [5.41, 5.74) is 8.33. The van der Waals surface area contributed by atoms with Crippen LogP contribution in [0, 0.1) is 0 Å². The lowest BCUT2D eigenvalue weighted by Gasteiger charge is -2.06. The third kappa shape index (κ3) is 3.61. The molecule has 0 saturated heterocycles. The van der Waals surface area contributed by atoms with Gasteiger partial charge in [0.2, 0.25) is 0 Å². The lowest BCUT2D eigenvalue weighted by molar-refractivity contribution is 0.0956. The number of thiophene rings is 1. The van der Waals surface area contributed by atoms with Crippen molar-refractivity contribution in [3.05, 3.63) is 65.4 Å². The van der Waals surface area contributed by atoms with Crippen molar-refractivity contribution in [3.8, 4) is 11.5 Å². The van der Waals surface area contributed by atoms with Gasteiger partial charge < -0.3 is 11.1 Å². The third-order valence-corrected chi connectivity index (χ3v) is 4.89. The maximum atomic E-state index is 12.6. The molecule has 4 aromatic rings. The first-order valence-electron chi connectivity index (χ1n) is 8.35. The minimum absolute atomic E-state index is 0.189. The molecule has 3 N–H and O–H groups in total. The Bertz CT molecular complexity index is 1080. The number of rotatable bonds is 5. The molecule has 134 valence electrons. The standard InChI is InChI=1S/C19H16N6OS/c20-16-15-13(18(26)23-9-6-12-4-3-7-21-10-12)11-27-19(15)25-17(24-16)14-5-1-2-8-22-14/h1-5,7-8,10-11H,6,9H2,(H,23,26)(H2,20,24,25). The second-order valence-corrected chi connectivity index (χ2v) is 6.70. The van der Waals surface area contributed by atoms with Gasteiger partial charge in [-0.25, -0.2) is 9.97 Å². The van der Waals surface area contributed by atoms with Gasteiger partial charge in [0.25, 0.3) is 5.91 Å². The maximum absolute atomic E-state index is 12.6. The summed E-state index contributed by atoms with van der Waals surface area (Å²) in [6.45, 7) is 0.509. The van der Waals surface area contributed by atoms with Gasteiger partial charge >= 0.3 is 0 Å². The molecule has 0 bridgehead atoms. The van der Waals surface area contributed by atoms with Crippen LogP contribution in [0.5, 0.6) is 0 Å². The lowest BCUT2D eigenvalue weighted by atomic mass is 10.2. The summed E-state index contributed by atoms with van der Waals surface area (Å²) in [4.78, 5) is 30.4. The highest BCUT2D eigenvalue weighted by Crippen LogP contribution is 2.30. The Balaban J connectivity index is 1.55. The van der Waals surface area contributed by atoms with Crippen LogP contribution in [0.4, 0.5) is 5.82 Å². The van der Waals surface area contributed by atoms with E-state index in [1.54, 1.807) is 24.0 Å². The van der Waals surface area contributed by atoms with E-state index in [2.05, 4.69) is 25.3 Å². The summed E-state index contributed by atoms with van der Waals surface area (Å²) in [7, 11) is 0. The SMILES string of the molecule is Nc1nc(-c2ccccn2)nc2scc(C(=O)NCCc3cccnc3)c12. The zero-order chi connectivity index (χ0) is 18.6. The third-order valence-electron chi connectivity index (χ3n) is 4.02. The van der Waals surface area contributed by atoms with E-state index in [0.717, 1.165) is 5.56 Å². The molecular formula is C19H16N6OS. The molecule has 8 heteroatoms. The van der Waals surface area contributed by atoms with Crippen molar-refractivity contribution < 1.29 is 4.79 Å². The zero-order valence-corrected chi connectivity index (χ0v) is 15.1. The highest BCUT2D eigenvalue weighted by atomic mass is 32.1. The fourth-order valence-electron chi connectivity index (χ4n) is 2.71. The summed E-state index contributed by atoms with van der Waals surface area (Å²) < 4.78 is 0. The number of carbonyl (C=O) groups excluding carboxylic acids is 1. The van der Waals surface area contributed by atoms with Crippen molar-refractivity contribution in [2.24, 2.45) is 0 Å². The fraction of sp³-hybridized carbons (Fsp3) is 0.105. The predicted molar refractivity (Wildman–Crippen MR) is 105 cm³/mol. The van der Waals surface area contributed by atoms with Crippen LogP contribution in [0.15, 0.2) is 54.3 Å². The summed E-state index contributed by atoms with van der Waals surface area (Å²) in [6.07, 6.45) is 5.89. The molecule has 4 aromatic heterocycles. The van der Waals surface area contributed by atoms with Gasteiger partial charge in [-0.2, -0.15) is 0 Å². The Morgan fingerprint density at radius 1 is 1.15 bits per heavy atom. The first-order valence-corrected chi connectivity index (χ1v) is 9.23. The minimum atomic E-state index is -0.189. The van der Waals surface area contributed by atoms with Gasteiger partial charge in [-0.1, -0.05) is 12.1 Å². The number of nitrogen functional groups attached to an aromatic ring is 1. The van der Waals surface area contributed by atoms with E-state index in [1.165, 1.54) is 11.3 Å². The largest absolute Gasteiger partial charge is 0.383 e. The number of anilines is 1. The first kappa shape index (κ1) is 17.0. The van der Waals surface area contributed by atoms with Gasteiger partial charge in [-0.05, 0) is 30.2 Å². The van der Waals surface area contributed by atoms with Gasteiger partial charge in [-0.15, -0.1) is 11.3 Å². The normalized spacial score (nSPS) is 10.8. The number of nitrogens with two attached hydrogens (primary N) is 1. The van der Waals surface area contributed by atoms with Crippen molar-refractivity contribution in [2.75, 3.05) is 12.3 Å². The molecule has 0 aromatic carbocycles. The van der Waals surface area contributed by atoms with Crippen molar-refractivity contribution in [1.29, 1.82) is 0 Å². The highest BCUT2D eigenvalue weighted by molar-refractivity contribution is 7.17. The number of aromatic nitrogens is 4. The van der Waals surface area contributed by atoms with Gasteiger partial charge in [-0.3, -0.25) is 14.8 Å². The summed E-state index contributed by atoms with van der Waals surface area (Å²) >= 11 is 1.37. The van der Waals surface area contributed by atoms with Crippen LogP contribution in [0.1, 0.15) is 15.9 Å². The number of amides is 1. The summed E-state index contributed by atoms with van der Waals surface area (Å²) in [5, 5.41) is 5.26. The number of carbonyl (C=O) groups is 1. The van der Waals surface area contributed by atoms with E-state index in [9.17, 15) is 4.79 Å². The molecule has 0 spiro atoms. The van der Waals surface area contributed by atoms with Gasteiger partial charge in [0.1, 0.15) is 16.3 Å². The molecule has 0 aliphatic heterocycles. The van der Waals surface area contributed by atoms with Crippen LogP contribution >= 0.6 is 11.3 Å². The number of nitrogens with zero attached hydrogens (tertiary/aromatic N) is 4. The summed E-state index contributed by atoms with van der Waals surface area (Å²) in [5.74, 6) is 0.538. The quantitative estimate of drug-likeness (QED) is 0.555.